The molecular weight excluding hydrogens is 560 g/mol. The first-order chi connectivity index (χ1) is 18.3. The molecule has 2 aromatic rings. The van der Waals surface area contributed by atoms with Gasteiger partial charge in [-0.25, -0.2) is 4.79 Å². The lowest BCUT2D eigenvalue weighted by Crippen LogP contribution is -2.48. The van der Waals surface area contributed by atoms with Gasteiger partial charge in [-0.1, -0.05) is 32.1 Å². The van der Waals surface area contributed by atoms with E-state index < -0.39 is 17.7 Å². The summed E-state index contributed by atoms with van der Waals surface area (Å²) in [6.07, 6.45) is 2.25. The highest BCUT2D eigenvalue weighted by Crippen LogP contribution is 2.45. The van der Waals surface area contributed by atoms with E-state index in [1.54, 1.807) is 25.3 Å². The number of rotatable bonds is 6. The van der Waals surface area contributed by atoms with E-state index >= 15 is 0 Å². The van der Waals surface area contributed by atoms with Crippen molar-refractivity contribution in [3.05, 3.63) is 40.0 Å². The maximum Gasteiger partial charge on any atom is 0.408 e. The Labute approximate surface area is 239 Å². The molecule has 1 aliphatic heterocycles. The van der Waals surface area contributed by atoms with E-state index in [2.05, 4.69) is 45.3 Å². The lowest BCUT2D eigenvalue weighted by atomic mass is 9.79. The van der Waals surface area contributed by atoms with Crippen LogP contribution in [0.5, 0.6) is 0 Å². The molecule has 212 valence electrons. The summed E-state index contributed by atoms with van der Waals surface area (Å²) in [5.74, 6) is -0.446. The minimum absolute atomic E-state index is 0.104. The largest absolute Gasteiger partial charge is 0.444 e. The number of alkyl carbamates (subject to hydrolysis) is 1. The highest BCUT2D eigenvalue weighted by Gasteiger charge is 2.39. The number of amides is 2. The van der Waals surface area contributed by atoms with E-state index in [0.717, 1.165) is 27.6 Å². The fourth-order valence-corrected chi connectivity index (χ4v) is 6.55. The second-order valence-corrected chi connectivity index (χ2v) is 12.7. The molecule has 2 amide bonds. The van der Waals surface area contributed by atoms with Crippen molar-refractivity contribution < 1.29 is 19.1 Å². The third-order valence-corrected chi connectivity index (χ3v) is 8.55. The summed E-state index contributed by atoms with van der Waals surface area (Å²) < 4.78 is 7.84. The molecule has 1 N–H and O–H groups in total. The van der Waals surface area contributed by atoms with Crippen LogP contribution >= 0.6 is 15.9 Å². The van der Waals surface area contributed by atoms with Gasteiger partial charge in [-0.05, 0) is 92.7 Å². The molecule has 0 spiro atoms. The van der Waals surface area contributed by atoms with Crippen molar-refractivity contribution in [1.29, 1.82) is 0 Å². The summed E-state index contributed by atoms with van der Waals surface area (Å²) in [4.78, 5) is 44.1. The maximum absolute atomic E-state index is 14.0. The average Bonchev–Trinajstić information content (AvgIpc) is 3.14. The summed E-state index contributed by atoms with van der Waals surface area (Å²) in [6.45, 7) is 15.3. The number of carbonyl (C=O) groups is 3. The van der Waals surface area contributed by atoms with Crippen LogP contribution < -0.4 is 5.32 Å². The third-order valence-electron chi connectivity index (χ3n) is 7.71. The van der Waals surface area contributed by atoms with Crippen LogP contribution in [0.25, 0.3) is 16.5 Å². The quantitative estimate of drug-likeness (QED) is 0.484. The number of carbonyl (C=O) groups excluding carboxylic acids is 3. The molecule has 0 saturated heterocycles. The van der Waals surface area contributed by atoms with Crippen LogP contribution in [-0.2, 0) is 16.0 Å². The third kappa shape index (κ3) is 5.53. The van der Waals surface area contributed by atoms with Crippen molar-refractivity contribution in [2.75, 3.05) is 26.7 Å². The van der Waals surface area contributed by atoms with Crippen LogP contribution in [-0.4, -0.2) is 76.6 Å². The van der Waals surface area contributed by atoms with E-state index in [4.69, 9.17) is 4.74 Å². The van der Waals surface area contributed by atoms with Gasteiger partial charge in [-0.15, -0.1) is 0 Å². The van der Waals surface area contributed by atoms with Crippen molar-refractivity contribution in [3.8, 4) is 0 Å². The molecule has 1 aromatic carbocycles. The monoisotopic (exact) mass is 600 g/mol. The topological polar surface area (TPSA) is 83.9 Å². The predicted octanol–water partition coefficient (Wildman–Crippen LogP) is 5.33. The average molecular weight is 602 g/mol. The Morgan fingerprint density at radius 1 is 1.18 bits per heavy atom. The van der Waals surface area contributed by atoms with Gasteiger partial charge in [0, 0.05) is 31.1 Å². The van der Waals surface area contributed by atoms with E-state index in [0.29, 0.717) is 30.7 Å². The van der Waals surface area contributed by atoms with Gasteiger partial charge in [0.15, 0.2) is 0 Å². The highest BCUT2D eigenvalue weighted by atomic mass is 79.9. The molecule has 2 heterocycles. The Balaban J connectivity index is 1.78. The van der Waals surface area contributed by atoms with Crippen LogP contribution in [0.1, 0.15) is 64.4 Å². The van der Waals surface area contributed by atoms with Crippen molar-refractivity contribution in [2.45, 2.75) is 72.6 Å². The number of hydrogen-bond acceptors (Lipinski definition) is 5. The first-order valence-electron chi connectivity index (χ1n) is 13.9. The van der Waals surface area contributed by atoms with Gasteiger partial charge in [0.2, 0.25) is 5.91 Å². The number of halogens is 1. The smallest absolute Gasteiger partial charge is 0.408 e. The zero-order chi connectivity index (χ0) is 28.8. The number of aromatic nitrogens is 1. The molecule has 3 atom stereocenters. The molecule has 0 unspecified atom stereocenters. The van der Waals surface area contributed by atoms with E-state index in [1.165, 1.54) is 0 Å². The molecule has 0 fully saturated rings. The van der Waals surface area contributed by atoms with Gasteiger partial charge in [0.05, 0.1) is 16.0 Å². The standard InChI is InChI=1S/C30H41BrN4O4/c1-9-34(10-2)27(36)18-14-20-19-12-11-13-22-24(19)21(15-23(20)33(8)16-18)26(31)35(22)28(37)25(17(3)4)32-29(38)39-30(5,6)7/h11-14,17-18,23,25H,9-10,15-16H2,1-8H3,(H,32,38)/t18-,23-,25+/m1/s1. The zero-order valence-corrected chi connectivity index (χ0v) is 25.9. The minimum Gasteiger partial charge on any atom is -0.444 e. The Morgan fingerprint density at radius 2 is 1.85 bits per heavy atom. The summed E-state index contributed by atoms with van der Waals surface area (Å²) in [5.41, 5.74) is 3.37. The lowest BCUT2D eigenvalue weighted by molar-refractivity contribution is -0.134. The van der Waals surface area contributed by atoms with E-state index in [1.807, 2.05) is 44.7 Å². The van der Waals surface area contributed by atoms with Gasteiger partial charge in [-0.2, -0.15) is 0 Å². The van der Waals surface area contributed by atoms with E-state index in [9.17, 15) is 14.4 Å². The molecule has 2 aliphatic rings. The van der Waals surface area contributed by atoms with E-state index in [-0.39, 0.29) is 29.7 Å². The van der Waals surface area contributed by atoms with Crippen LogP contribution in [0, 0.1) is 11.8 Å². The molecule has 4 rings (SSSR count). The predicted molar refractivity (Wildman–Crippen MR) is 158 cm³/mol. The second-order valence-electron chi connectivity index (χ2n) is 11.9. The summed E-state index contributed by atoms with van der Waals surface area (Å²) in [7, 11) is 2.07. The van der Waals surface area contributed by atoms with Crippen LogP contribution in [0.3, 0.4) is 0 Å². The maximum atomic E-state index is 14.0. The number of nitrogens with zero attached hydrogens (tertiary/aromatic N) is 3. The molecule has 1 aliphatic carbocycles. The SMILES string of the molecule is CCN(CC)C(=O)[C@@H]1C=C2c3cccc4c3c(c(Br)n4C(=O)[C@@H](NC(=O)OC(C)(C)C)C(C)C)C[C@H]2N(C)C1. The van der Waals surface area contributed by atoms with Crippen molar-refractivity contribution in [3.63, 3.8) is 0 Å². The Morgan fingerprint density at radius 3 is 2.44 bits per heavy atom. The first kappa shape index (κ1) is 29.3. The van der Waals surface area contributed by atoms with Gasteiger partial charge in [0.1, 0.15) is 11.6 Å². The molecule has 39 heavy (non-hydrogen) atoms. The summed E-state index contributed by atoms with van der Waals surface area (Å²) in [6, 6.07) is 5.32. The van der Waals surface area contributed by atoms with Crippen LogP contribution in [0.4, 0.5) is 4.79 Å². The van der Waals surface area contributed by atoms with Crippen molar-refractivity contribution in [1.82, 2.24) is 19.7 Å². The van der Waals surface area contributed by atoms with Gasteiger partial charge in [-0.3, -0.25) is 19.1 Å². The zero-order valence-electron chi connectivity index (χ0n) is 24.3. The van der Waals surface area contributed by atoms with Gasteiger partial charge < -0.3 is 15.0 Å². The number of likely N-dealkylation sites (N-methyl/N-ethyl adjacent to an activating group) is 1. The number of hydrogen-bond donors (Lipinski definition) is 1. The van der Waals surface area contributed by atoms with Crippen LogP contribution in [0.2, 0.25) is 0 Å². The summed E-state index contributed by atoms with van der Waals surface area (Å²) >= 11 is 3.76. The highest BCUT2D eigenvalue weighted by molar-refractivity contribution is 9.10. The number of ether oxygens (including phenoxy) is 1. The molecule has 1 aromatic heterocycles. The molecule has 9 heteroatoms. The number of fused-ring (bicyclic) bond motifs is 2. The fraction of sp³-hybridized carbons (Fsp3) is 0.567. The molecule has 0 radical (unpaired) electrons. The van der Waals surface area contributed by atoms with Crippen LogP contribution in [0.15, 0.2) is 28.9 Å². The minimum atomic E-state index is -0.774. The molecule has 8 nitrogen and oxygen atoms in total. The molecular formula is C30H41BrN4O4. The first-order valence-corrected chi connectivity index (χ1v) is 14.6. The normalized spacial score (nSPS) is 19.9. The Kier molecular flexibility index (Phi) is 8.34. The fourth-order valence-electron chi connectivity index (χ4n) is 5.82. The second kappa shape index (κ2) is 11.1. The molecule has 0 saturated carbocycles. The Bertz CT molecular complexity index is 1320. The van der Waals surface area contributed by atoms with Crippen molar-refractivity contribution in [2.24, 2.45) is 11.8 Å². The summed E-state index contributed by atoms with van der Waals surface area (Å²) in [5, 5.41) is 3.82. The number of benzene rings is 1. The van der Waals surface area contributed by atoms with Gasteiger partial charge in [0.25, 0.3) is 5.91 Å². The lowest BCUT2D eigenvalue weighted by Gasteiger charge is -2.40. The van der Waals surface area contributed by atoms with Gasteiger partial charge >= 0.3 is 6.09 Å². The van der Waals surface area contributed by atoms with Crippen molar-refractivity contribution >= 4 is 50.3 Å². The number of nitrogens with one attached hydrogen (secondary N) is 1. The molecule has 0 bridgehead atoms. The Hall–Kier alpha value is -2.65.